The minimum atomic E-state index is 0.362. The van der Waals surface area contributed by atoms with Crippen LogP contribution >= 0.6 is 0 Å². The summed E-state index contributed by atoms with van der Waals surface area (Å²) < 4.78 is 5.26. The van der Waals surface area contributed by atoms with E-state index in [9.17, 15) is 0 Å². The van der Waals surface area contributed by atoms with Gasteiger partial charge in [0.1, 0.15) is 0 Å². The van der Waals surface area contributed by atoms with Crippen molar-refractivity contribution in [1.29, 1.82) is 0 Å². The van der Waals surface area contributed by atoms with Crippen molar-refractivity contribution in [3.8, 4) is 0 Å². The summed E-state index contributed by atoms with van der Waals surface area (Å²) in [6.45, 7) is 11.5. The van der Waals surface area contributed by atoms with Gasteiger partial charge in [-0.1, -0.05) is 26.0 Å². The molecule has 0 radical (unpaired) electrons. The fraction of sp³-hybridized carbons (Fsp3) is 0.846. The van der Waals surface area contributed by atoms with Crippen molar-refractivity contribution >= 4 is 0 Å². The zero-order valence-electron chi connectivity index (χ0n) is 10.8. The Hall–Kier alpha value is -0.340. The Labute approximate surface area is 95.1 Å². The maximum Gasteiger partial charge on any atom is 0.0543 e. The van der Waals surface area contributed by atoms with Crippen molar-refractivity contribution in [3.05, 3.63) is 12.2 Å². The number of methoxy groups -OCH3 is 1. The van der Waals surface area contributed by atoms with Crippen LogP contribution in [0.3, 0.4) is 0 Å². The van der Waals surface area contributed by atoms with E-state index in [1.54, 1.807) is 7.11 Å². The average molecular weight is 213 g/mol. The van der Waals surface area contributed by atoms with Crippen molar-refractivity contribution in [3.63, 3.8) is 0 Å². The second-order valence-corrected chi connectivity index (χ2v) is 4.19. The normalized spacial score (nSPS) is 14.9. The summed E-state index contributed by atoms with van der Waals surface area (Å²) in [5, 5.41) is 3.51. The van der Waals surface area contributed by atoms with E-state index < -0.39 is 0 Å². The largest absolute Gasteiger partial charge is 0.382 e. The van der Waals surface area contributed by atoms with E-state index in [-0.39, 0.29) is 0 Å². The van der Waals surface area contributed by atoms with Gasteiger partial charge in [0.05, 0.1) is 6.10 Å². The minimum Gasteiger partial charge on any atom is -0.382 e. The van der Waals surface area contributed by atoms with E-state index in [2.05, 4.69) is 32.7 Å². The van der Waals surface area contributed by atoms with E-state index in [4.69, 9.17) is 4.74 Å². The summed E-state index contributed by atoms with van der Waals surface area (Å²) in [5.74, 6) is 0. The van der Waals surface area contributed by atoms with Gasteiger partial charge < -0.3 is 10.1 Å². The summed E-state index contributed by atoms with van der Waals surface area (Å²) in [4.78, 5) is 0. The lowest BCUT2D eigenvalue weighted by Gasteiger charge is -2.20. The van der Waals surface area contributed by atoms with Gasteiger partial charge in [-0.2, -0.15) is 0 Å². The van der Waals surface area contributed by atoms with Crippen LogP contribution in [0.4, 0.5) is 0 Å². The lowest BCUT2D eigenvalue weighted by atomic mass is 10.00. The van der Waals surface area contributed by atoms with Crippen LogP contribution in [0.2, 0.25) is 0 Å². The Morgan fingerprint density at radius 2 is 2.00 bits per heavy atom. The number of rotatable bonds is 9. The van der Waals surface area contributed by atoms with Crippen LogP contribution in [0.1, 0.15) is 46.5 Å². The van der Waals surface area contributed by atoms with E-state index in [0.29, 0.717) is 12.1 Å². The Morgan fingerprint density at radius 1 is 1.33 bits per heavy atom. The van der Waals surface area contributed by atoms with Gasteiger partial charge >= 0.3 is 0 Å². The van der Waals surface area contributed by atoms with Gasteiger partial charge in [-0.3, -0.25) is 0 Å². The third kappa shape index (κ3) is 7.57. The molecular formula is C13H27NO. The van der Waals surface area contributed by atoms with Gasteiger partial charge in [0, 0.05) is 13.2 Å². The highest BCUT2D eigenvalue weighted by Crippen LogP contribution is 2.13. The number of nitrogens with one attached hydrogen (secondary N) is 1. The Morgan fingerprint density at radius 3 is 2.47 bits per heavy atom. The molecule has 15 heavy (non-hydrogen) atoms. The smallest absolute Gasteiger partial charge is 0.0543 e. The molecule has 90 valence electrons. The topological polar surface area (TPSA) is 21.3 Å². The zero-order chi connectivity index (χ0) is 11.7. The Balaban J connectivity index is 3.87. The molecule has 0 aromatic rings. The van der Waals surface area contributed by atoms with Crippen LogP contribution in [0, 0.1) is 0 Å². The quantitative estimate of drug-likeness (QED) is 0.594. The standard InChI is InChI=1S/C13H27NO/c1-6-11(3)10-13(14-7-2)9-8-12(4)15-5/h12-14H,3,6-10H2,1-2,4-5H3. The van der Waals surface area contributed by atoms with E-state index >= 15 is 0 Å². The predicted octanol–water partition coefficient (Wildman–Crippen LogP) is 3.14. The molecular weight excluding hydrogens is 186 g/mol. The lowest BCUT2D eigenvalue weighted by molar-refractivity contribution is 0.106. The molecule has 0 saturated heterocycles. The summed E-state index contributed by atoms with van der Waals surface area (Å²) in [6, 6.07) is 0.569. The van der Waals surface area contributed by atoms with Crippen LogP contribution in [-0.4, -0.2) is 25.8 Å². The average Bonchev–Trinajstić information content (AvgIpc) is 2.25. The molecule has 1 N–H and O–H groups in total. The molecule has 2 nitrogen and oxygen atoms in total. The molecule has 0 aliphatic heterocycles. The molecule has 0 aromatic heterocycles. The lowest BCUT2D eigenvalue weighted by Crippen LogP contribution is -2.30. The maximum atomic E-state index is 5.26. The monoisotopic (exact) mass is 213 g/mol. The predicted molar refractivity (Wildman–Crippen MR) is 67.2 cm³/mol. The van der Waals surface area contributed by atoms with Crippen molar-refractivity contribution < 1.29 is 4.74 Å². The van der Waals surface area contributed by atoms with Gasteiger partial charge in [0.15, 0.2) is 0 Å². The number of hydrogen-bond acceptors (Lipinski definition) is 2. The van der Waals surface area contributed by atoms with Crippen LogP contribution in [0.25, 0.3) is 0 Å². The van der Waals surface area contributed by atoms with Gasteiger partial charge in [0.25, 0.3) is 0 Å². The van der Waals surface area contributed by atoms with E-state index in [1.807, 2.05) is 0 Å². The Kier molecular flexibility index (Phi) is 8.73. The van der Waals surface area contributed by atoms with E-state index in [1.165, 1.54) is 12.0 Å². The molecule has 0 aliphatic carbocycles. The highest BCUT2D eigenvalue weighted by molar-refractivity contribution is 4.96. The first kappa shape index (κ1) is 14.7. The molecule has 0 saturated carbocycles. The zero-order valence-corrected chi connectivity index (χ0v) is 10.8. The maximum absolute atomic E-state index is 5.26. The van der Waals surface area contributed by atoms with Gasteiger partial charge in [-0.15, -0.1) is 0 Å². The highest BCUT2D eigenvalue weighted by atomic mass is 16.5. The van der Waals surface area contributed by atoms with Crippen LogP contribution in [0.15, 0.2) is 12.2 Å². The van der Waals surface area contributed by atoms with Crippen molar-refractivity contribution in [1.82, 2.24) is 5.32 Å². The number of ether oxygens (including phenoxy) is 1. The van der Waals surface area contributed by atoms with Gasteiger partial charge in [-0.05, 0) is 39.2 Å². The molecule has 0 spiro atoms. The molecule has 0 rings (SSSR count). The summed E-state index contributed by atoms with van der Waals surface area (Å²) in [5.41, 5.74) is 1.34. The summed E-state index contributed by atoms with van der Waals surface area (Å²) in [7, 11) is 1.78. The molecule has 0 aliphatic rings. The molecule has 2 heteroatoms. The first-order valence-corrected chi connectivity index (χ1v) is 6.06. The first-order chi connectivity index (χ1) is 7.13. The molecule has 2 atom stereocenters. The van der Waals surface area contributed by atoms with Crippen molar-refractivity contribution in [2.75, 3.05) is 13.7 Å². The molecule has 0 aromatic carbocycles. The highest BCUT2D eigenvalue weighted by Gasteiger charge is 2.10. The van der Waals surface area contributed by atoms with Gasteiger partial charge in [-0.25, -0.2) is 0 Å². The molecule has 0 heterocycles. The van der Waals surface area contributed by atoms with E-state index in [0.717, 1.165) is 25.8 Å². The fourth-order valence-electron chi connectivity index (χ4n) is 1.61. The minimum absolute atomic E-state index is 0.362. The summed E-state index contributed by atoms with van der Waals surface area (Å²) >= 11 is 0. The van der Waals surface area contributed by atoms with Crippen molar-refractivity contribution in [2.24, 2.45) is 0 Å². The molecule has 0 bridgehead atoms. The summed E-state index contributed by atoms with van der Waals surface area (Å²) in [6.07, 6.45) is 4.83. The van der Waals surface area contributed by atoms with Crippen LogP contribution < -0.4 is 5.32 Å². The van der Waals surface area contributed by atoms with Crippen LogP contribution in [0.5, 0.6) is 0 Å². The molecule has 0 amide bonds. The Bertz CT molecular complexity index is 168. The van der Waals surface area contributed by atoms with Gasteiger partial charge in [0.2, 0.25) is 0 Å². The van der Waals surface area contributed by atoms with Crippen LogP contribution in [-0.2, 0) is 4.74 Å². The number of hydrogen-bond donors (Lipinski definition) is 1. The molecule has 0 fully saturated rings. The first-order valence-electron chi connectivity index (χ1n) is 6.06. The third-order valence-electron chi connectivity index (χ3n) is 2.85. The molecule has 2 unspecified atom stereocenters. The third-order valence-corrected chi connectivity index (χ3v) is 2.85. The SMILES string of the molecule is C=C(CC)CC(CCC(C)OC)NCC. The van der Waals surface area contributed by atoms with Crippen molar-refractivity contribution in [2.45, 2.75) is 58.6 Å². The second-order valence-electron chi connectivity index (χ2n) is 4.19. The fourth-order valence-corrected chi connectivity index (χ4v) is 1.61. The second kappa shape index (κ2) is 8.93.